The summed E-state index contributed by atoms with van der Waals surface area (Å²) in [6.45, 7) is 1.15. The van der Waals surface area contributed by atoms with Crippen LogP contribution in [0.4, 0.5) is 28.9 Å². The zero-order valence-corrected chi connectivity index (χ0v) is 20.5. The van der Waals surface area contributed by atoms with E-state index in [-0.39, 0.29) is 5.56 Å². The Morgan fingerprint density at radius 1 is 1.23 bits per heavy atom. The van der Waals surface area contributed by atoms with E-state index in [1.165, 1.54) is 18.6 Å². The first-order valence-corrected chi connectivity index (χ1v) is 19.5. The maximum absolute atomic E-state index is 13.9. The fourth-order valence-corrected chi connectivity index (χ4v) is 5.43. The van der Waals surface area contributed by atoms with Crippen LogP contribution >= 0.6 is 0 Å². The molecular formula is C19H27F4N5OSn. The molecule has 2 N–H and O–H groups in total. The van der Waals surface area contributed by atoms with E-state index in [2.05, 4.69) is 35.5 Å². The molecule has 11 heteroatoms. The molecular weight excluding hydrogens is 509 g/mol. The molecule has 2 rings (SSSR count). The van der Waals surface area contributed by atoms with Crippen molar-refractivity contribution in [3.8, 4) is 0 Å². The Kier molecular flexibility index (Phi) is 7.75. The Morgan fingerprint density at radius 3 is 2.47 bits per heavy atom. The van der Waals surface area contributed by atoms with E-state index in [0.29, 0.717) is 11.4 Å². The molecule has 2 heterocycles. The Hall–Kier alpha value is -1.85. The zero-order valence-electron chi connectivity index (χ0n) is 17.6. The van der Waals surface area contributed by atoms with Crippen LogP contribution in [0.5, 0.6) is 0 Å². The van der Waals surface area contributed by atoms with Crippen LogP contribution in [0.25, 0.3) is 0 Å². The molecule has 2 aromatic heterocycles. The number of nitrogens with one attached hydrogen (secondary N) is 2. The first-order valence-electron chi connectivity index (χ1n) is 9.46. The third kappa shape index (κ3) is 6.85. The summed E-state index contributed by atoms with van der Waals surface area (Å²) < 4.78 is 54.6. The molecule has 0 radical (unpaired) electrons. The van der Waals surface area contributed by atoms with Crippen molar-refractivity contribution in [3.63, 3.8) is 0 Å². The molecule has 0 bridgehead atoms. The fourth-order valence-electron chi connectivity index (χ4n) is 2.49. The number of pyridine rings is 1. The molecule has 0 spiro atoms. The zero-order chi connectivity index (χ0) is 22.7. The number of anilines is 2. The van der Waals surface area contributed by atoms with Gasteiger partial charge in [0.05, 0.1) is 0 Å². The molecule has 166 valence electrons. The standard InChI is InChI=1S/C16H18F4N5O.3CH3.Sn/c1-16(2,20)13(17)7-22-15(26)11-6-21-4-3-12(11)24-10-5-23-25(8-10)9-14(18)19;;;;/h3,5-6,8,13-14H,7,9H2,1-2H3,(H,21,24)(H,22,26);3*1H3;. The van der Waals surface area contributed by atoms with Gasteiger partial charge in [0.1, 0.15) is 0 Å². The molecule has 0 saturated heterocycles. The number of hydrogen-bond donors (Lipinski definition) is 2. The summed E-state index contributed by atoms with van der Waals surface area (Å²) in [5.41, 5.74) is -1.13. The second kappa shape index (κ2) is 9.52. The number of amides is 1. The molecule has 0 fully saturated rings. The molecule has 0 aliphatic carbocycles. The Labute approximate surface area is 177 Å². The molecule has 0 aromatic carbocycles. The van der Waals surface area contributed by atoms with Crippen molar-refractivity contribution in [3.05, 3.63) is 30.2 Å². The first-order chi connectivity index (χ1) is 13.8. The van der Waals surface area contributed by atoms with Gasteiger partial charge in [0.15, 0.2) is 0 Å². The second-order valence-corrected chi connectivity index (χ2v) is 22.9. The molecule has 0 aliphatic heterocycles. The average Bonchev–Trinajstić information content (AvgIpc) is 3.03. The van der Waals surface area contributed by atoms with Crippen molar-refractivity contribution in [2.24, 2.45) is 0 Å². The Balaban J connectivity index is 2.29. The van der Waals surface area contributed by atoms with Gasteiger partial charge in [0.2, 0.25) is 0 Å². The summed E-state index contributed by atoms with van der Waals surface area (Å²) in [6.07, 6.45) is -0.254. The van der Waals surface area contributed by atoms with Crippen LogP contribution in [-0.4, -0.2) is 63.9 Å². The minimum absolute atomic E-state index is 0.139. The third-order valence-electron chi connectivity index (χ3n) is 4.34. The summed E-state index contributed by atoms with van der Waals surface area (Å²) in [5.74, 6) is -0.618. The number of aromatic nitrogens is 3. The third-order valence-corrected chi connectivity index (χ3v) is 9.51. The van der Waals surface area contributed by atoms with Gasteiger partial charge in [0.25, 0.3) is 0 Å². The van der Waals surface area contributed by atoms with Crippen LogP contribution < -0.4 is 14.3 Å². The van der Waals surface area contributed by atoms with E-state index in [1.54, 1.807) is 6.07 Å². The average molecular weight is 536 g/mol. The normalized spacial score (nSPS) is 13.4. The molecule has 0 aliphatic rings. The van der Waals surface area contributed by atoms with E-state index in [4.69, 9.17) is 0 Å². The van der Waals surface area contributed by atoms with Crippen molar-refractivity contribution in [1.29, 1.82) is 0 Å². The molecule has 0 saturated carbocycles. The van der Waals surface area contributed by atoms with Gasteiger partial charge in [-0.1, -0.05) is 0 Å². The summed E-state index contributed by atoms with van der Waals surface area (Å²) >= 11 is -2.60. The number of rotatable bonds is 9. The van der Waals surface area contributed by atoms with Crippen molar-refractivity contribution in [2.75, 3.05) is 11.9 Å². The van der Waals surface area contributed by atoms with Gasteiger partial charge >= 0.3 is 177 Å². The number of alkyl halides is 4. The topological polar surface area (TPSA) is 71.8 Å². The van der Waals surface area contributed by atoms with Gasteiger partial charge in [-0.25, -0.2) is 0 Å². The van der Waals surface area contributed by atoms with E-state index >= 15 is 0 Å². The fraction of sp³-hybridized carbons (Fsp3) is 0.526. The number of carbonyl (C=O) groups is 1. The van der Waals surface area contributed by atoms with Crippen LogP contribution in [0.1, 0.15) is 24.2 Å². The predicted molar refractivity (Wildman–Crippen MR) is 111 cm³/mol. The Bertz CT molecular complexity index is 877. The monoisotopic (exact) mass is 537 g/mol. The van der Waals surface area contributed by atoms with E-state index in [1.807, 2.05) is 0 Å². The van der Waals surface area contributed by atoms with Crippen molar-refractivity contribution in [2.45, 2.75) is 53.5 Å². The summed E-state index contributed by atoms with van der Waals surface area (Å²) in [6, 6.07) is 1.75. The Morgan fingerprint density at radius 2 is 1.90 bits per heavy atom. The molecule has 2 aromatic rings. The van der Waals surface area contributed by atoms with Crippen LogP contribution in [0, 0.1) is 0 Å². The van der Waals surface area contributed by atoms with E-state index < -0.39 is 55.6 Å². The summed E-state index contributed by atoms with van der Waals surface area (Å²) in [5, 5.41) is 9.26. The van der Waals surface area contributed by atoms with Crippen molar-refractivity contribution < 1.29 is 22.4 Å². The van der Waals surface area contributed by atoms with Gasteiger partial charge in [-0.2, -0.15) is 0 Å². The predicted octanol–water partition coefficient (Wildman–Crippen LogP) is 3.65. The van der Waals surface area contributed by atoms with Crippen LogP contribution in [0.2, 0.25) is 14.8 Å². The van der Waals surface area contributed by atoms with Gasteiger partial charge in [-0.3, -0.25) is 0 Å². The number of carbonyl (C=O) groups excluding carboxylic acids is 1. The molecule has 1 unspecified atom stereocenters. The van der Waals surface area contributed by atoms with E-state index in [9.17, 15) is 22.4 Å². The van der Waals surface area contributed by atoms with Crippen LogP contribution in [0.3, 0.4) is 0 Å². The first kappa shape index (κ1) is 24.4. The van der Waals surface area contributed by atoms with Gasteiger partial charge in [-0.05, 0) is 0 Å². The van der Waals surface area contributed by atoms with Gasteiger partial charge < -0.3 is 0 Å². The second-order valence-electron chi connectivity index (χ2n) is 8.57. The molecule has 1 amide bonds. The van der Waals surface area contributed by atoms with Crippen LogP contribution in [0.15, 0.2) is 24.7 Å². The van der Waals surface area contributed by atoms with Gasteiger partial charge in [-0.15, -0.1) is 0 Å². The van der Waals surface area contributed by atoms with Crippen LogP contribution in [-0.2, 0) is 6.54 Å². The summed E-state index contributed by atoms with van der Waals surface area (Å²) in [4.78, 5) is 23.5. The minimum atomic E-state index is -2.60. The molecule has 30 heavy (non-hydrogen) atoms. The molecule has 1 atom stereocenters. The number of nitrogens with zero attached hydrogens (tertiary/aromatic N) is 3. The quantitative estimate of drug-likeness (QED) is 0.380. The van der Waals surface area contributed by atoms with Gasteiger partial charge in [0, 0.05) is 0 Å². The number of halogens is 4. The maximum atomic E-state index is 13.9. The number of hydrogen-bond acceptors (Lipinski definition) is 4. The SMILES string of the molecule is CC(C)(F)C(F)CNC(=O)c1cn[c]([Sn]([CH3])([CH3])[CH3])cc1Nc1cnn(CC(F)F)c1. The molecule has 6 nitrogen and oxygen atoms in total. The van der Waals surface area contributed by atoms with Crippen molar-refractivity contribution in [1.82, 2.24) is 20.1 Å². The summed E-state index contributed by atoms with van der Waals surface area (Å²) in [7, 11) is 0. The van der Waals surface area contributed by atoms with E-state index in [0.717, 1.165) is 22.2 Å². The van der Waals surface area contributed by atoms with Crippen molar-refractivity contribution >= 4 is 39.4 Å².